The zero-order chi connectivity index (χ0) is 12.6. The Morgan fingerprint density at radius 3 is 2.65 bits per heavy atom. The van der Waals surface area contributed by atoms with Crippen LogP contribution in [0.3, 0.4) is 0 Å². The topological polar surface area (TPSA) is 68.5 Å². The highest BCUT2D eigenvalue weighted by Gasteiger charge is 2.10. The van der Waals surface area contributed by atoms with Gasteiger partial charge in [0.15, 0.2) is 0 Å². The minimum Gasteiger partial charge on any atom is -0.293 e. The summed E-state index contributed by atoms with van der Waals surface area (Å²) in [5.41, 5.74) is 0.483. The molecule has 6 nitrogen and oxygen atoms in total. The second kappa shape index (κ2) is 4.37. The van der Waals surface area contributed by atoms with E-state index in [0.29, 0.717) is 23.2 Å². The molecule has 0 amide bonds. The third-order valence-corrected chi connectivity index (χ3v) is 2.78. The van der Waals surface area contributed by atoms with Crippen molar-refractivity contribution in [3.05, 3.63) is 33.2 Å². The summed E-state index contributed by atoms with van der Waals surface area (Å²) in [6, 6.07) is 1.72. The van der Waals surface area contributed by atoms with E-state index in [1.165, 1.54) is 4.68 Å². The molecule has 92 valence electrons. The highest BCUT2D eigenvalue weighted by atomic mass is 35.5. The molecule has 17 heavy (non-hydrogen) atoms. The van der Waals surface area contributed by atoms with E-state index in [4.69, 9.17) is 11.6 Å². The second-order valence-electron chi connectivity index (χ2n) is 4.21. The van der Waals surface area contributed by atoms with Crippen LogP contribution in [0.5, 0.6) is 0 Å². The molecule has 0 aromatic carbocycles. The Morgan fingerprint density at radius 2 is 2.18 bits per heavy atom. The lowest BCUT2D eigenvalue weighted by Gasteiger charge is -1.97. The molecule has 2 rings (SSSR count). The van der Waals surface area contributed by atoms with Gasteiger partial charge in [-0.25, -0.2) is 9.48 Å². The summed E-state index contributed by atoms with van der Waals surface area (Å²) in [6.07, 6.45) is 0. The largest absolute Gasteiger partial charge is 0.343 e. The van der Waals surface area contributed by atoms with E-state index < -0.39 is 0 Å². The Morgan fingerprint density at radius 1 is 1.47 bits per heavy atom. The van der Waals surface area contributed by atoms with Crippen LogP contribution >= 0.6 is 11.6 Å². The van der Waals surface area contributed by atoms with Crippen LogP contribution in [0, 0.1) is 0 Å². The van der Waals surface area contributed by atoms with E-state index >= 15 is 0 Å². The summed E-state index contributed by atoms with van der Waals surface area (Å²) >= 11 is 5.88. The molecule has 7 heteroatoms. The first kappa shape index (κ1) is 11.9. The predicted octanol–water partition coefficient (Wildman–Crippen LogP) is 1.13. The van der Waals surface area contributed by atoms with Gasteiger partial charge in [0, 0.05) is 19.0 Å². The lowest BCUT2D eigenvalue weighted by atomic mass is 10.2. The number of halogens is 1. The third kappa shape index (κ3) is 2.41. The van der Waals surface area contributed by atoms with Crippen molar-refractivity contribution in [2.75, 3.05) is 0 Å². The molecule has 0 saturated heterocycles. The smallest absolute Gasteiger partial charge is 0.293 e. The molecule has 2 aromatic rings. The Labute approximate surface area is 103 Å². The van der Waals surface area contributed by atoms with E-state index in [-0.39, 0.29) is 11.6 Å². The number of rotatable bonds is 3. The highest BCUT2D eigenvalue weighted by molar-refractivity contribution is 6.29. The molecule has 1 N–H and O–H groups in total. The van der Waals surface area contributed by atoms with Gasteiger partial charge in [0.05, 0.1) is 12.2 Å². The van der Waals surface area contributed by atoms with E-state index in [9.17, 15) is 4.79 Å². The fourth-order valence-corrected chi connectivity index (χ4v) is 1.64. The summed E-state index contributed by atoms with van der Waals surface area (Å²) in [4.78, 5) is 14.3. The van der Waals surface area contributed by atoms with Crippen LogP contribution < -0.4 is 5.69 Å². The molecule has 0 aliphatic carbocycles. The monoisotopic (exact) mass is 255 g/mol. The average molecular weight is 256 g/mol. The van der Waals surface area contributed by atoms with E-state index in [2.05, 4.69) is 15.2 Å². The van der Waals surface area contributed by atoms with Crippen molar-refractivity contribution in [3.63, 3.8) is 0 Å². The quantitative estimate of drug-likeness (QED) is 0.894. The lowest BCUT2D eigenvalue weighted by molar-refractivity contribution is 0.617. The van der Waals surface area contributed by atoms with Crippen LogP contribution in [0.1, 0.15) is 31.3 Å². The Hall–Kier alpha value is -1.56. The fraction of sp³-hybridized carbons (Fsp3) is 0.500. The molecular weight excluding hydrogens is 242 g/mol. The zero-order valence-corrected chi connectivity index (χ0v) is 10.7. The number of nitrogens with zero attached hydrogens (tertiary/aromatic N) is 4. The molecule has 0 radical (unpaired) electrons. The first-order chi connectivity index (χ1) is 7.97. The molecule has 0 atom stereocenters. The van der Waals surface area contributed by atoms with Crippen LogP contribution in [-0.2, 0) is 13.6 Å². The number of hydrogen-bond donors (Lipinski definition) is 1. The van der Waals surface area contributed by atoms with Crippen molar-refractivity contribution in [2.45, 2.75) is 26.3 Å². The van der Waals surface area contributed by atoms with Crippen molar-refractivity contribution >= 4 is 11.6 Å². The van der Waals surface area contributed by atoms with Gasteiger partial charge < -0.3 is 0 Å². The minimum absolute atomic E-state index is 0.191. The van der Waals surface area contributed by atoms with Crippen molar-refractivity contribution in [2.24, 2.45) is 7.05 Å². The van der Waals surface area contributed by atoms with Crippen molar-refractivity contribution < 1.29 is 0 Å². The van der Waals surface area contributed by atoms with E-state index in [1.807, 2.05) is 13.8 Å². The Kier molecular flexibility index (Phi) is 3.06. The maximum atomic E-state index is 11.6. The predicted molar refractivity (Wildman–Crippen MR) is 64.3 cm³/mol. The maximum Gasteiger partial charge on any atom is 0.343 e. The Balaban J connectivity index is 2.27. The number of aryl methyl sites for hydroxylation is 1. The zero-order valence-electron chi connectivity index (χ0n) is 9.94. The maximum absolute atomic E-state index is 11.6. The van der Waals surface area contributed by atoms with Crippen molar-refractivity contribution in [3.8, 4) is 0 Å². The van der Waals surface area contributed by atoms with Gasteiger partial charge in [-0.05, 0) is 0 Å². The van der Waals surface area contributed by atoms with Crippen LogP contribution in [0.2, 0.25) is 5.15 Å². The third-order valence-electron chi connectivity index (χ3n) is 2.43. The molecule has 0 bridgehead atoms. The van der Waals surface area contributed by atoms with Gasteiger partial charge in [0.1, 0.15) is 11.0 Å². The number of H-pyrrole nitrogens is 1. The molecule has 0 saturated carbocycles. The van der Waals surface area contributed by atoms with Gasteiger partial charge in [0.25, 0.3) is 0 Å². The first-order valence-corrected chi connectivity index (χ1v) is 5.70. The Bertz CT molecular complexity index is 560. The van der Waals surface area contributed by atoms with Gasteiger partial charge in [-0.3, -0.25) is 9.67 Å². The van der Waals surface area contributed by atoms with E-state index in [1.54, 1.807) is 17.8 Å². The van der Waals surface area contributed by atoms with E-state index in [0.717, 1.165) is 0 Å². The first-order valence-electron chi connectivity index (χ1n) is 5.33. The van der Waals surface area contributed by atoms with Gasteiger partial charge in [-0.15, -0.1) is 0 Å². The molecular formula is C10H14ClN5O. The molecule has 0 aliphatic heterocycles. The normalized spacial score (nSPS) is 11.4. The number of nitrogens with one attached hydrogen (secondary N) is 1. The van der Waals surface area contributed by atoms with Crippen LogP contribution in [-0.4, -0.2) is 24.5 Å². The SMILES string of the molecule is CC(C)c1nn(Cc2cc(Cl)n(C)n2)c(=O)[nH]1. The summed E-state index contributed by atoms with van der Waals surface area (Å²) in [6.45, 7) is 4.27. The van der Waals surface area contributed by atoms with Crippen molar-refractivity contribution in [1.82, 2.24) is 24.5 Å². The van der Waals surface area contributed by atoms with Crippen LogP contribution in [0.25, 0.3) is 0 Å². The van der Waals surface area contributed by atoms with Crippen LogP contribution in [0.15, 0.2) is 10.9 Å². The highest BCUT2D eigenvalue weighted by Crippen LogP contribution is 2.10. The average Bonchev–Trinajstić information content (AvgIpc) is 2.73. The molecule has 0 spiro atoms. The summed E-state index contributed by atoms with van der Waals surface area (Å²) in [7, 11) is 1.75. The number of aromatic nitrogens is 5. The molecule has 0 unspecified atom stereocenters. The van der Waals surface area contributed by atoms with Crippen molar-refractivity contribution in [1.29, 1.82) is 0 Å². The summed E-state index contributed by atoms with van der Waals surface area (Å²) in [5.74, 6) is 0.869. The minimum atomic E-state index is -0.226. The number of hydrogen-bond acceptors (Lipinski definition) is 3. The molecule has 0 aliphatic rings. The second-order valence-corrected chi connectivity index (χ2v) is 4.60. The van der Waals surface area contributed by atoms with Gasteiger partial charge in [0.2, 0.25) is 0 Å². The van der Waals surface area contributed by atoms with Gasteiger partial charge >= 0.3 is 5.69 Å². The summed E-state index contributed by atoms with van der Waals surface area (Å²) in [5, 5.41) is 8.91. The molecule has 2 aromatic heterocycles. The fourth-order valence-electron chi connectivity index (χ4n) is 1.47. The summed E-state index contributed by atoms with van der Waals surface area (Å²) < 4.78 is 2.91. The standard InChI is InChI=1S/C10H14ClN5O/c1-6(2)9-12-10(17)16(14-9)5-7-4-8(11)15(3)13-7/h4,6H,5H2,1-3H3,(H,12,14,17). The van der Waals surface area contributed by atoms with Gasteiger partial charge in [-0.2, -0.15) is 10.2 Å². The molecule has 2 heterocycles. The lowest BCUT2D eigenvalue weighted by Crippen LogP contribution is -2.19. The van der Waals surface area contributed by atoms with Crippen LogP contribution in [0.4, 0.5) is 0 Å². The molecule has 0 fully saturated rings. The number of aromatic amines is 1. The van der Waals surface area contributed by atoms with Gasteiger partial charge in [-0.1, -0.05) is 25.4 Å².